The van der Waals surface area contributed by atoms with Crippen LogP contribution in [0.3, 0.4) is 0 Å². The van der Waals surface area contributed by atoms with E-state index in [1.165, 1.54) is 0 Å². The summed E-state index contributed by atoms with van der Waals surface area (Å²) in [4.78, 5) is 4.01. The second-order valence-corrected chi connectivity index (χ2v) is 3.26. The van der Waals surface area contributed by atoms with E-state index < -0.39 is 0 Å². The van der Waals surface area contributed by atoms with Crippen LogP contribution in [0.15, 0.2) is 53.6 Å². The van der Waals surface area contributed by atoms with Gasteiger partial charge in [0.2, 0.25) is 0 Å². The number of hydrogen-bond acceptors (Lipinski definition) is 3. The minimum absolute atomic E-state index is 0.618. The third-order valence-corrected chi connectivity index (χ3v) is 2.05. The number of rotatable bonds is 2. The van der Waals surface area contributed by atoms with Gasteiger partial charge in [-0.05, 0) is 18.6 Å². The number of aliphatic imine (C=N–C) groups is 1. The van der Waals surface area contributed by atoms with E-state index in [2.05, 4.69) is 16.9 Å². The van der Waals surface area contributed by atoms with Crippen molar-refractivity contribution in [3.63, 3.8) is 0 Å². The SMILES string of the molecule is C=C1N=CC(Oc2ccccc2C)=CN1. The molecule has 76 valence electrons. The van der Waals surface area contributed by atoms with Crippen LogP contribution in [0.25, 0.3) is 0 Å². The molecule has 1 heterocycles. The Labute approximate surface area is 88.8 Å². The molecule has 1 aromatic carbocycles. The van der Waals surface area contributed by atoms with E-state index in [0.29, 0.717) is 11.6 Å². The Bertz CT molecular complexity index is 447. The molecule has 0 saturated heterocycles. The van der Waals surface area contributed by atoms with E-state index in [9.17, 15) is 0 Å². The Morgan fingerprint density at radius 2 is 2.13 bits per heavy atom. The molecule has 0 bridgehead atoms. The first kappa shape index (κ1) is 9.52. The van der Waals surface area contributed by atoms with Gasteiger partial charge in [0, 0.05) is 6.20 Å². The minimum atomic E-state index is 0.618. The highest BCUT2D eigenvalue weighted by Crippen LogP contribution is 2.18. The van der Waals surface area contributed by atoms with Crippen molar-refractivity contribution < 1.29 is 4.74 Å². The highest BCUT2D eigenvalue weighted by Gasteiger charge is 2.04. The van der Waals surface area contributed by atoms with Crippen LogP contribution in [0.5, 0.6) is 5.75 Å². The molecule has 0 saturated carbocycles. The molecule has 1 aromatic rings. The summed E-state index contributed by atoms with van der Waals surface area (Å²) < 4.78 is 5.64. The predicted molar refractivity (Wildman–Crippen MR) is 60.7 cm³/mol. The van der Waals surface area contributed by atoms with Gasteiger partial charge in [0.05, 0.1) is 6.21 Å². The van der Waals surface area contributed by atoms with Gasteiger partial charge in [-0.3, -0.25) is 0 Å². The predicted octanol–water partition coefficient (Wildman–Crippen LogP) is 2.36. The fourth-order valence-corrected chi connectivity index (χ4v) is 1.22. The van der Waals surface area contributed by atoms with Crippen LogP contribution in [-0.2, 0) is 0 Å². The fraction of sp³-hybridized carbons (Fsp3) is 0.0833. The minimum Gasteiger partial charge on any atom is -0.454 e. The van der Waals surface area contributed by atoms with Gasteiger partial charge in [0.1, 0.15) is 11.6 Å². The Balaban J connectivity index is 2.14. The molecule has 0 atom stereocenters. The molecule has 2 rings (SSSR count). The van der Waals surface area contributed by atoms with Crippen molar-refractivity contribution in [3.8, 4) is 5.75 Å². The highest BCUT2D eigenvalue weighted by atomic mass is 16.5. The molecule has 1 N–H and O–H groups in total. The summed E-state index contributed by atoms with van der Waals surface area (Å²) in [6.07, 6.45) is 3.38. The Morgan fingerprint density at radius 3 is 2.80 bits per heavy atom. The van der Waals surface area contributed by atoms with Gasteiger partial charge in [-0.15, -0.1) is 0 Å². The van der Waals surface area contributed by atoms with Crippen LogP contribution < -0.4 is 10.1 Å². The van der Waals surface area contributed by atoms with Gasteiger partial charge in [-0.2, -0.15) is 0 Å². The molecule has 1 aliphatic rings. The van der Waals surface area contributed by atoms with E-state index in [0.717, 1.165) is 11.3 Å². The van der Waals surface area contributed by atoms with Crippen LogP contribution in [0.4, 0.5) is 0 Å². The van der Waals surface area contributed by atoms with Gasteiger partial charge in [0.25, 0.3) is 0 Å². The zero-order valence-electron chi connectivity index (χ0n) is 8.53. The van der Waals surface area contributed by atoms with Gasteiger partial charge in [0.15, 0.2) is 5.76 Å². The Morgan fingerprint density at radius 1 is 1.33 bits per heavy atom. The number of aryl methyl sites for hydroxylation is 1. The van der Waals surface area contributed by atoms with Crippen molar-refractivity contribution in [2.45, 2.75) is 6.92 Å². The quantitative estimate of drug-likeness (QED) is 0.795. The number of allylic oxidation sites excluding steroid dienone is 1. The van der Waals surface area contributed by atoms with E-state index in [-0.39, 0.29) is 0 Å². The lowest BCUT2D eigenvalue weighted by Gasteiger charge is -2.12. The molecule has 0 unspecified atom stereocenters. The smallest absolute Gasteiger partial charge is 0.161 e. The molecule has 0 amide bonds. The number of benzene rings is 1. The normalized spacial score (nSPS) is 14.5. The van der Waals surface area contributed by atoms with Crippen molar-refractivity contribution >= 4 is 6.21 Å². The summed E-state index contributed by atoms with van der Waals surface area (Å²) in [5, 5.41) is 2.89. The largest absolute Gasteiger partial charge is 0.454 e. The average Bonchev–Trinajstić information content (AvgIpc) is 2.25. The van der Waals surface area contributed by atoms with Crippen LogP contribution in [0, 0.1) is 6.92 Å². The maximum Gasteiger partial charge on any atom is 0.161 e. The van der Waals surface area contributed by atoms with E-state index in [1.807, 2.05) is 31.2 Å². The molecule has 0 fully saturated rings. The fourth-order valence-electron chi connectivity index (χ4n) is 1.22. The van der Waals surface area contributed by atoms with Gasteiger partial charge in [-0.25, -0.2) is 4.99 Å². The first-order valence-electron chi connectivity index (χ1n) is 4.69. The van der Waals surface area contributed by atoms with E-state index in [4.69, 9.17) is 4.74 Å². The van der Waals surface area contributed by atoms with Crippen molar-refractivity contribution in [1.29, 1.82) is 0 Å². The van der Waals surface area contributed by atoms with Crippen LogP contribution in [0.2, 0.25) is 0 Å². The topological polar surface area (TPSA) is 33.6 Å². The molecule has 0 aromatic heterocycles. The van der Waals surface area contributed by atoms with Crippen molar-refractivity contribution in [1.82, 2.24) is 5.32 Å². The molecule has 3 nitrogen and oxygen atoms in total. The van der Waals surface area contributed by atoms with Crippen LogP contribution in [-0.4, -0.2) is 6.21 Å². The standard InChI is InChI=1S/C12H12N2O/c1-9-5-3-4-6-12(9)15-11-7-13-10(2)14-8-11/h3-8,13H,2H2,1H3. The van der Waals surface area contributed by atoms with Crippen molar-refractivity contribution in [2.75, 3.05) is 0 Å². The van der Waals surface area contributed by atoms with E-state index >= 15 is 0 Å². The number of ether oxygens (including phenoxy) is 1. The Hall–Kier alpha value is -2.03. The number of nitrogens with zero attached hydrogens (tertiary/aromatic N) is 1. The molecular formula is C12H12N2O. The number of nitrogens with one attached hydrogen (secondary N) is 1. The van der Waals surface area contributed by atoms with Crippen LogP contribution >= 0.6 is 0 Å². The lowest BCUT2D eigenvalue weighted by atomic mass is 10.2. The zero-order chi connectivity index (χ0) is 10.7. The highest BCUT2D eigenvalue weighted by molar-refractivity contribution is 5.78. The molecule has 15 heavy (non-hydrogen) atoms. The number of para-hydroxylation sites is 1. The van der Waals surface area contributed by atoms with Gasteiger partial charge in [-0.1, -0.05) is 24.8 Å². The summed E-state index contributed by atoms with van der Waals surface area (Å²) in [5.41, 5.74) is 1.09. The molecule has 0 radical (unpaired) electrons. The molecule has 0 aliphatic carbocycles. The second-order valence-electron chi connectivity index (χ2n) is 3.26. The molecule has 0 spiro atoms. The van der Waals surface area contributed by atoms with Gasteiger partial charge < -0.3 is 10.1 Å². The summed E-state index contributed by atoms with van der Waals surface area (Å²) in [7, 11) is 0. The number of hydrogen-bond donors (Lipinski definition) is 1. The molecule has 1 aliphatic heterocycles. The zero-order valence-corrected chi connectivity index (χ0v) is 8.53. The van der Waals surface area contributed by atoms with E-state index in [1.54, 1.807) is 12.4 Å². The lowest BCUT2D eigenvalue weighted by Crippen LogP contribution is -2.12. The second kappa shape index (κ2) is 4.00. The Kier molecular flexibility index (Phi) is 2.54. The average molecular weight is 200 g/mol. The lowest BCUT2D eigenvalue weighted by molar-refractivity contribution is 0.448. The third kappa shape index (κ3) is 2.26. The van der Waals surface area contributed by atoms with Crippen LogP contribution in [0.1, 0.15) is 5.56 Å². The summed E-state index contributed by atoms with van der Waals surface area (Å²) in [6.45, 7) is 5.67. The first-order chi connectivity index (χ1) is 7.25. The third-order valence-electron chi connectivity index (χ3n) is 2.05. The summed E-state index contributed by atoms with van der Waals surface area (Å²) in [5.74, 6) is 2.13. The monoisotopic (exact) mass is 200 g/mol. The molecule has 3 heteroatoms. The van der Waals surface area contributed by atoms with Gasteiger partial charge >= 0.3 is 0 Å². The summed E-state index contributed by atoms with van der Waals surface area (Å²) in [6, 6.07) is 7.84. The van der Waals surface area contributed by atoms with Crippen molar-refractivity contribution in [3.05, 3.63) is 54.2 Å². The summed E-state index contributed by atoms with van der Waals surface area (Å²) >= 11 is 0. The maximum atomic E-state index is 5.64. The maximum absolute atomic E-state index is 5.64. The first-order valence-corrected chi connectivity index (χ1v) is 4.69. The van der Waals surface area contributed by atoms with Crippen molar-refractivity contribution in [2.24, 2.45) is 4.99 Å². The molecular weight excluding hydrogens is 188 g/mol.